The highest BCUT2D eigenvalue weighted by molar-refractivity contribution is 7.17. The number of benzene rings is 1. The van der Waals surface area contributed by atoms with E-state index in [9.17, 15) is 9.59 Å². The van der Waals surface area contributed by atoms with Gasteiger partial charge in [-0.15, -0.1) is 21.5 Å². The van der Waals surface area contributed by atoms with Crippen LogP contribution in [-0.4, -0.2) is 25.1 Å². The van der Waals surface area contributed by atoms with Gasteiger partial charge in [-0.25, -0.2) is 0 Å². The Morgan fingerprint density at radius 2 is 1.94 bits per heavy atom. The van der Waals surface area contributed by atoms with Gasteiger partial charge in [-0.05, 0) is 55.3 Å². The topological polar surface area (TPSA) is 81.3 Å². The van der Waals surface area contributed by atoms with E-state index in [4.69, 9.17) is 0 Å². The third-order valence-electron chi connectivity index (χ3n) is 5.71. The largest absolute Gasteiger partial charge is 0.326 e. The van der Waals surface area contributed by atoms with Crippen LogP contribution in [0.3, 0.4) is 0 Å². The van der Waals surface area contributed by atoms with Gasteiger partial charge in [0.2, 0.25) is 11.7 Å². The number of nitrogens with one attached hydrogen (secondary N) is 1. The van der Waals surface area contributed by atoms with Crippen molar-refractivity contribution in [2.24, 2.45) is 0 Å². The van der Waals surface area contributed by atoms with Crippen molar-refractivity contribution in [1.82, 2.24) is 19.2 Å². The number of carbonyl (C=O) groups excluding carboxylic acids is 1. The van der Waals surface area contributed by atoms with Crippen molar-refractivity contribution in [2.45, 2.75) is 58.9 Å². The summed E-state index contributed by atoms with van der Waals surface area (Å²) in [6.45, 7) is 6.18. The molecule has 0 bridgehead atoms. The Hall–Kier alpha value is -3.00. The number of nitrogens with zero attached hydrogens (tertiary/aromatic N) is 4. The van der Waals surface area contributed by atoms with Gasteiger partial charge in [0.1, 0.15) is 10.5 Å². The molecule has 1 N–H and O–H groups in total. The molecule has 0 saturated carbocycles. The summed E-state index contributed by atoms with van der Waals surface area (Å²) in [6, 6.07) is 9.90. The normalized spacial score (nSPS) is 12.5. The molecule has 0 spiro atoms. The number of rotatable bonds is 8. The number of anilines is 1. The van der Waals surface area contributed by atoms with Crippen molar-refractivity contribution in [1.29, 1.82) is 0 Å². The van der Waals surface area contributed by atoms with Crippen LogP contribution in [0.2, 0.25) is 0 Å². The minimum atomic E-state index is -0.0183. The molecule has 0 aliphatic heterocycles. The van der Waals surface area contributed by atoms with E-state index in [0.29, 0.717) is 29.7 Å². The molecule has 0 saturated heterocycles. The fourth-order valence-corrected chi connectivity index (χ4v) is 4.56. The Labute approximate surface area is 184 Å². The Morgan fingerprint density at radius 3 is 2.65 bits per heavy atom. The number of aromatic nitrogens is 4. The van der Waals surface area contributed by atoms with E-state index >= 15 is 0 Å². The lowest BCUT2D eigenvalue weighted by Gasteiger charge is -2.14. The van der Waals surface area contributed by atoms with Crippen LogP contribution in [0, 0.1) is 0 Å². The first-order chi connectivity index (χ1) is 15.0. The molecular weight excluding hydrogens is 410 g/mol. The molecule has 3 aromatic heterocycles. The lowest BCUT2D eigenvalue weighted by molar-refractivity contribution is -0.116. The highest BCUT2D eigenvalue weighted by Gasteiger charge is 2.19. The Kier molecular flexibility index (Phi) is 6.18. The van der Waals surface area contributed by atoms with Crippen LogP contribution in [0.1, 0.15) is 57.5 Å². The monoisotopic (exact) mass is 437 g/mol. The molecule has 4 rings (SSSR count). The fourth-order valence-electron chi connectivity index (χ4n) is 3.74. The first-order valence-corrected chi connectivity index (χ1v) is 11.7. The zero-order valence-corrected chi connectivity index (χ0v) is 18.9. The van der Waals surface area contributed by atoms with Crippen molar-refractivity contribution in [3.8, 4) is 0 Å². The van der Waals surface area contributed by atoms with Crippen molar-refractivity contribution in [3.63, 3.8) is 0 Å². The molecule has 31 heavy (non-hydrogen) atoms. The van der Waals surface area contributed by atoms with Gasteiger partial charge in [0, 0.05) is 24.6 Å². The van der Waals surface area contributed by atoms with Gasteiger partial charge in [0.05, 0.1) is 5.52 Å². The van der Waals surface area contributed by atoms with Crippen LogP contribution in [0.25, 0.3) is 16.0 Å². The summed E-state index contributed by atoms with van der Waals surface area (Å²) in [5, 5.41) is 13.6. The van der Waals surface area contributed by atoms with Gasteiger partial charge in [-0.3, -0.25) is 18.6 Å². The van der Waals surface area contributed by atoms with Gasteiger partial charge in [-0.1, -0.05) is 26.0 Å². The van der Waals surface area contributed by atoms with Crippen LogP contribution in [-0.2, 0) is 17.6 Å². The smallest absolute Gasteiger partial charge is 0.273 e. The number of hydrogen-bond acceptors (Lipinski definition) is 5. The van der Waals surface area contributed by atoms with Gasteiger partial charge in [-0.2, -0.15) is 0 Å². The standard InChI is InChI=1S/C23H27N5O2S/c1-4-15(3)27-22(30)21-18(13-14-31-21)28-19(25-26-23(27)28)7-6-8-20(29)24-17-11-9-16(5-2)10-12-17/h9-15H,4-8H2,1-3H3,(H,24,29)/t15-/m0/s1. The summed E-state index contributed by atoms with van der Waals surface area (Å²) in [5.74, 6) is 1.33. The molecule has 8 heteroatoms. The lowest BCUT2D eigenvalue weighted by Crippen LogP contribution is -2.25. The number of amides is 1. The van der Waals surface area contributed by atoms with E-state index in [2.05, 4.69) is 29.4 Å². The Morgan fingerprint density at radius 1 is 1.16 bits per heavy atom. The number of aryl methyl sites for hydroxylation is 2. The summed E-state index contributed by atoms with van der Waals surface area (Å²) in [5.41, 5.74) is 2.88. The molecule has 1 amide bonds. The SMILES string of the molecule is CCc1ccc(NC(=O)CCCc2nnc3n([C@@H](C)CC)c(=O)c4sccc4n23)cc1. The van der Waals surface area contributed by atoms with E-state index in [0.717, 1.165) is 29.9 Å². The van der Waals surface area contributed by atoms with Crippen LogP contribution < -0.4 is 10.9 Å². The molecule has 0 aliphatic carbocycles. The second kappa shape index (κ2) is 9.01. The van der Waals surface area contributed by atoms with E-state index in [1.807, 2.05) is 47.0 Å². The van der Waals surface area contributed by atoms with Crippen LogP contribution >= 0.6 is 11.3 Å². The Balaban J connectivity index is 1.52. The molecule has 0 fully saturated rings. The Bertz CT molecular complexity index is 1270. The zero-order chi connectivity index (χ0) is 22.0. The first-order valence-electron chi connectivity index (χ1n) is 10.8. The third kappa shape index (κ3) is 4.12. The molecule has 0 radical (unpaired) electrons. The maximum atomic E-state index is 13.0. The minimum absolute atomic E-state index is 0.0146. The molecule has 7 nitrogen and oxygen atoms in total. The molecule has 1 aromatic carbocycles. The van der Waals surface area contributed by atoms with Gasteiger partial charge < -0.3 is 5.32 Å². The summed E-state index contributed by atoms with van der Waals surface area (Å²) in [6.07, 6.45) is 3.44. The number of hydrogen-bond donors (Lipinski definition) is 1. The number of carbonyl (C=O) groups is 1. The van der Waals surface area contributed by atoms with Gasteiger partial charge in [0.15, 0.2) is 0 Å². The quantitative estimate of drug-likeness (QED) is 0.437. The second-order valence-electron chi connectivity index (χ2n) is 7.77. The number of thiophene rings is 1. The highest BCUT2D eigenvalue weighted by Crippen LogP contribution is 2.23. The fraction of sp³-hybridized carbons (Fsp3) is 0.391. The average molecular weight is 438 g/mol. The van der Waals surface area contributed by atoms with Gasteiger partial charge in [0.25, 0.3) is 5.56 Å². The molecule has 1 atom stereocenters. The molecule has 162 valence electrons. The molecule has 0 aliphatic rings. The van der Waals surface area contributed by atoms with E-state index < -0.39 is 0 Å². The zero-order valence-electron chi connectivity index (χ0n) is 18.1. The summed E-state index contributed by atoms with van der Waals surface area (Å²) in [7, 11) is 0. The van der Waals surface area contributed by atoms with Crippen LogP contribution in [0.15, 0.2) is 40.5 Å². The maximum Gasteiger partial charge on any atom is 0.273 e. The molecule has 0 unspecified atom stereocenters. The predicted molar refractivity (Wildman–Crippen MR) is 125 cm³/mol. The summed E-state index contributed by atoms with van der Waals surface area (Å²) in [4.78, 5) is 25.3. The van der Waals surface area contributed by atoms with Crippen molar-refractivity contribution >= 4 is 38.9 Å². The van der Waals surface area contributed by atoms with Crippen molar-refractivity contribution in [3.05, 3.63) is 57.5 Å². The third-order valence-corrected chi connectivity index (χ3v) is 6.60. The second-order valence-corrected chi connectivity index (χ2v) is 8.69. The van der Waals surface area contributed by atoms with Crippen molar-refractivity contribution in [2.75, 3.05) is 5.32 Å². The van der Waals surface area contributed by atoms with Crippen LogP contribution in [0.5, 0.6) is 0 Å². The first kappa shape index (κ1) is 21.2. The lowest BCUT2D eigenvalue weighted by atomic mass is 10.1. The average Bonchev–Trinajstić information content (AvgIpc) is 3.41. The maximum absolute atomic E-state index is 13.0. The van der Waals surface area contributed by atoms with Crippen LogP contribution in [0.4, 0.5) is 5.69 Å². The van der Waals surface area contributed by atoms with E-state index in [1.165, 1.54) is 16.9 Å². The minimum Gasteiger partial charge on any atom is -0.326 e. The number of fused-ring (bicyclic) bond motifs is 3. The predicted octanol–water partition coefficient (Wildman–Crippen LogP) is 4.60. The summed E-state index contributed by atoms with van der Waals surface area (Å²) >= 11 is 1.44. The van der Waals surface area contributed by atoms with Crippen molar-refractivity contribution < 1.29 is 4.79 Å². The molecular formula is C23H27N5O2S. The van der Waals surface area contributed by atoms with Gasteiger partial charge >= 0.3 is 0 Å². The molecule has 4 aromatic rings. The highest BCUT2D eigenvalue weighted by atomic mass is 32.1. The van der Waals surface area contributed by atoms with E-state index in [-0.39, 0.29) is 17.5 Å². The summed E-state index contributed by atoms with van der Waals surface area (Å²) < 4.78 is 4.42. The van der Waals surface area contributed by atoms with E-state index in [1.54, 1.807) is 4.57 Å². The molecule has 3 heterocycles.